The quantitative estimate of drug-likeness (QED) is 0.657. The molecule has 1 aromatic carbocycles. The lowest BCUT2D eigenvalue weighted by Crippen LogP contribution is -2.52. The second-order valence-corrected chi connectivity index (χ2v) is 10.7. The molecule has 1 aromatic heterocycles. The van der Waals surface area contributed by atoms with Crippen LogP contribution in [0, 0.1) is 19.8 Å². The normalized spacial score (nSPS) is 16.5. The number of rotatable bonds is 6. The number of carbonyl (C=O) groups is 2. The molecule has 3 rings (SSSR count). The fourth-order valence-electron chi connectivity index (χ4n) is 3.86. The number of aryl methyl sites for hydroxylation is 2. The van der Waals surface area contributed by atoms with Crippen molar-refractivity contribution < 1.29 is 22.5 Å². The van der Waals surface area contributed by atoms with Crippen molar-refractivity contribution in [1.82, 2.24) is 19.7 Å². The Kier molecular flexibility index (Phi) is 7.81. The summed E-state index contributed by atoms with van der Waals surface area (Å²) in [6.45, 7) is 7.92. The van der Waals surface area contributed by atoms with Crippen LogP contribution in [0.2, 0.25) is 5.02 Å². The van der Waals surface area contributed by atoms with E-state index in [1.54, 1.807) is 43.0 Å². The minimum Gasteiger partial charge on any atom is -0.360 e. The Morgan fingerprint density at radius 2 is 1.76 bits per heavy atom. The van der Waals surface area contributed by atoms with Gasteiger partial charge in [0.25, 0.3) is 5.91 Å². The molecule has 1 N–H and O–H groups in total. The number of carbonyl (C=O) groups excluding carboxylic acids is 2. The molecule has 0 aliphatic carbocycles. The summed E-state index contributed by atoms with van der Waals surface area (Å²) in [6, 6.07) is 5.70. The van der Waals surface area contributed by atoms with Gasteiger partial charge in [-0.3, -0.25) is 9.59 Å². The maximum absolute atomic E-state index is 13.3. The van der Waals surface area contributed by atoms with Gasteiger partial charge in [-0.15, -0.1) is 0 Å². The Bertz CT molecular complexity index is 1090. The fraction of sp³-hybridized carbons (Fsp3) is 0.500. The predicted octanol–water partition coefficient (Wildman–Crippen LogP) is 2.62. The van der Waals surface area contributed by atoms with Crippen molar-refractivity contribution in [2.75, 3.05) is 26.2 Å². The van der Waals surface area contributed by atoms with Crippen molar-refractivity contribution in [1.29, 1.82) is 0 Å². The van der Waals surface area contributed by atoms with E-state index in [1.165, 1.54) is 4.31 Å². The smallest absolute Gasteiger partial charge is 0.251 e. The maximum atomic E-state index is 13.3. The predicted molar refractivity (Wildman–Crippen MR) is 123 cm³/mol. The standard InChI is InChI=1S/C22H29ClN4O5S/c1-14(2)19(24-21(28)17-6-8-18(23)9-7-17)22(29)26-10-5-11-27(13-12-26)33(30,31)20-15(3)25-32-16(20)4/h6-9,14,19H,5,10-13H2,1-4H3,(H,24,28)/t19-/m0/s1. The van der Waals surface area contributed by atoms with Crippen molar-refractivity contribution in [3.63, 3.8) is 0 Å². The first kappa shape index (κ1) is 25.2. The zero-order chi connectivity index (χ0) is 24.3. The van der Waals surface area contributed by atoms with Crippen LogP contribution in [0.15, 0.2) is 33.7 Å². The van der Waals surface area contributed by atoms with E-state index in [2.05, 4.69) is 10.5 Å². The third-order valence-corrected chi connectivity index (χ3v) is 8.05. The number of nitrogens with one attached hydrogen (secondary N) is 1. The molecular formula is C22H29ClN4O5S. The lowest BCUT2D eigenvalue weighted by atomic mass is 10.0. The van der Waals surface area contributed by atoms with Crippen LogP contribution in [-0.4, -0.2) is 66.8 Å². The number of halogens is 1. The summed E-state index contributed by atoms with van der Waals surface area (Å²) in [5.74, 6) is -0.506. The van der Waals surface area contributed by atoms with E-state index in [-0.39, 0.29) is 48.0 Å². The Balaban J connectivity index is 1.71. The maximum Gasteiger partial charge on any atom is 0.251 e. The molecule has 1 fully saturated rings. The van der Waals surface area contributed by atoms with E-state index in [9.17, 15) is 18.0 Å². The molecule has 0 spiro atoms. The molecule has 1 atom stereocenters. The van der Waals surface area contributed by atoms with Crippen LogP contribution in [-0.2, 0) is 14.8 Å². The molecule has 9 nitrogen and oxygen atoms in total. The third kappa shape index (κ3) is 5.56. The zero-order valence-electron chi connectivity index (χ0n) is 19.2. The minimum atomic E-state index is -3.79. The highest BCUT2D eigenvalue weighted by Crippen LogP contribution is 2.24. The molecule has 2 heterocycles. The largest absolute Gasteiger partial charge is 0.360 e. The van der Waals surface area contributed by atoms with Crippen LogP contribution in [0.5, 0.6) is 0 Å². The van der Waals surface area contributed by atoms with Gasteiger partial charge in [0.2, 0.25) is 15.9 Å². The first-order chi connectivity index (χ1) is 15.5. The third-order valence-electron chi connectivity index (χ3n) is 5.66. The number of amides is 2. The van der Waals surface area contributed by atoms with Gasteiger partial charge in [0, 0.05) is 36.8 Å². The van der Waals surface area contributed by atoms with E-state index >= 15 is 0 Å². The molecule has 0 radical (unpaired) electrons. The summed E-state index contributed by atoms with van der Waals surface area (Å²) in [5.41, 5.74) is 0.722. The molecule has 1 aliphatic heterocycles. The Morgan fingerprint density at radius 3 is 2.33 bits per heavy atom. The van der Waals surface area contributed by atoms with Gasteiger partial charge in [-0.05, 0) is 50.5 Å². The average Bonchev–Trinajstić information content (AvgIpc) is 2.95. The second kappa shape index (κ2) is 10.2. The molecule has 33 heavy (non-hydrogen) atoms. The topological polar surface area (TPSA) is 113 Å². The van der Waals surface area contributed by atoms with Gasteiger partial charge in [0.15, 0.2) is 5.76 Å². The van der Waals surface area contributed by atoms with Gasteiger partial charge in [-0.2, -0.15) is 4.31 Å². The van der Waals surface area contributed by atoms with Gasteiger partial charge < -0.3 is 14.7 Å². The van der Waals surface area contributed by atoms with Crippen molar-refractivity contribution in [2.24, 2.45) is 5.92 Å². The van der Waals surface area contributed by atoms with Crippen LogP contribution < -0.4 is 5.32 Å². The molecule has 2 amide bonds. The van der Waals surface area contributed by atoms with E-state index in [4.69, 9.17) is 16.1 Å². The van der Waals surface area contributed by atoms with Crippen molar-refractivity contribution in [2.45, 2.75) is 45.1 Å². The Hall–Kier alpha value is -2.43. The van der Waals surface area contributed by atoms with Crippen molar-refractivity contribution in [3.05, 3.63) is 46.3 Å². The molecule has 0 unspecified atom stereocenters. The number of benzene rings is 1. The summed E-state index contributed by atoms with van der Waals surface area (Å²) < 4.78 is 32.7. The fourth-order valence-corrected chi connectivity index (χ4v) is 5.75. The van der Waals surface area contributed by atoms with Crippen LogP contribution >= 0.6 is 11.6 Å². The SMILES string of the molecule is Cc1noc(C)c1S(=O)(=O)N1CCCN(C(=O)[C@@H](NC(=O)c2ccc(Cl)cc2)C(C)C)CC1. The lowest BCUT2D eigenvalue weighted by molar-refractivity contribution is -0.134. The van der Waals surface area contributed by atoms with E-state index in [1.807, 2.05) is 13.8 Å². The van der Waals surface area contributed by atoms with Gasteiger partial charge in [-0.1, -0.05) is 30.6 Å². The first-order valence-corrected chi connectivity index (χ1v) is 12.6. The number of aromatic nitrogens is 1. The Morgan fingerprint density at radius 1 is 1.09 bits per heavy atom. The summed E-state index contributed by atoms with van der Waals surface area (Å²) in [4.78, 5) is 27.7. The van der Waals surface area contributed by atoms with Crippen LogP contribution in [0.4, 0.5) is 0 Å². The van der Waals surface area contributed by atoms with Gasteiger partial charge in [0.05, 0.1) is 0 Å². The van der Waals surface area contributed by atoms with E-state index < -0.39 is 16.1 Å². The van der Waals surface area contributed by atoms with Gasteiger partial charge >= 0.3 is 0 Å². The zero-order valence-corrected chi connectivity index (χ0v) is 20.7. The highest BCUT2D eigenvalue weighted by Gasteiger charge is 2.35. The lowest BCUT2D eigenvalue weighted by Gasteiger charge is -2.29. The highest BCUT2D eigenvalue weighted by molar-refractivity contribution is 7.89. The Labute approximate surface area is 199 Å². The monoisotopic (exact) mass is 496 g/mol. The summed E-state index contributed by atoms with van der Waals surface area (Å²) in [6.07, 6.45) is 0.476. The number of nitrogens with zero attached hydrogens (tertiary/aromatic N) is 3. The van der Waals surface area contributed by atoms with Gasteiger partial charge in [-0.25, -0.2) is 8.42 Å². The molecule has 1 aliphatic rings. The molecular weight excluding hydrogens is 468 g/mol. The molecule has 1 saturated heterocycles. The summed E-state index contributed by atoms with van der Waals surface area (Å²) in [5, 5.41) is 7.09. The number of hydrogen-bond donors (Lipinski definition) is 1. The van der Waals surface area contributed by atoms with E-state index in [0.717, 1.165) is 0 Å². The molecule has 0 bridgehead atoms. The number of sulfonamides is 1. The van der Waals surface area contributed by atoms with Crippen LogP contribution in [0.3, 0.4) is 0 Å². The first-order valence-electron chi connectivity index (χ1n) is 10.8. The summed E-state index contributed by atoms with van der Waals surface area (Å²) >= 11 is 5.89. The molecule has 0 saturated carbocycles. The second-order valence-electron chi connectivity index (χ2n) is 8.44. The average molecular weight is 497 g/mol. The van der Waals surface area contributed by atoms with Crippen molar-refractivity contribution >= 4 is 33.4 Å². The minimum absolute atomic E-state index is 0.0811. The van der Waals surface area contributed by atoms with Gasteiger partial charge in [0.1, 0.15) is 16.6 Å². The van der Waals surface area contributed by atoms with Crippen molar-refractivity contribution in [3.8, 4) is 0 Å². The van der Waals surface area contributed by atoms with Crippen LogP contribution in [0.25, 0.3) is 0 Å². The summed E-state index contributed by atoms with van der Waals surface area (Å²) in [7, 11) is -3.79. The van der Waals surface area contributed by atoms with Crippen LogP contribution in [0.1, 0.15) is 42.1 Å². The molecule has 11 heteroatoms. The molecule has 2 aromatic rings. The molecule has 180 valence electrons. The highest BCUT2D eigenvalue weighted by atomic mass is 35.5. The van der Waals surface area contributed by atoms with E-state index in [0.29, 0.717) is 29.2 Å². The number of hydrogen-bond acceptors (Lipinski definition) is 6.